The van der Waals surface area contributed by atoms with Gasteiger partial charge in [0.25, 0.3) is 0 Å². The average molecular weight is 348 g/mol. The predicted octanol–water partition coefficient (Wildman–Crippen LogP) is 4.14. The van der Waals surface area contributed by atoms with E-state index in [1.165, 1.54) is 0 Å². The van der Waals surface area contributed by atoms with E-state index in [0.29, 0.717) is 35.6 Å². The number of likely N-dealkylation sites (tertiary alicyclic amines) is 1. The molecule has 1 aliphatic rings. The lowest BCUT2D eigenvalue weighted by molar-refractivity contribution is -0.133. The summed E-state index contributed by atoms with van der Waals surface area (Å²) in [7, 11) is 0. The SMILES string of the molecule is CC(C)CC(=O)N1CCC[C@@H](c2nc(-c3cccc(Cl)c3)no2)C1. The highest BCUT2D eigenvalue weighted by atomic mass is 35.5. The first-order valence-electron chi connectivity index (χ1n) is 8.40. The molecule has 1 amide bonds. The van der Waals surface area contributed by atoms with Crippen LogP contribution in [-0.2, 0) is 4.79 Å². The molecule has 1 atom stereocenters. The largest absolute Gasteiger partial charge is 0.342 e. The number of hydrogen-bond acceptors (Lipinski definition) is 4. The summed E-state index contributed by atoms with van der Waals surface area (Å²) in [5, 5.41) is 4.71. The van der Waals surface area contributed by atoms with E-state index in [1.807, 2.05) is 29.2 Å². The van der Waals surface area contributed by atoms with Crippen LogP contribution < -0.4 is 0 Å². The summed E-state index contributed by atoms with van der Waals surface area (Å²) in [4.78, 5) is 18.7. The van der Waals surface area contributed by atoms with E-state index in [9.17, 15) is 4.79 Å². The highest BCUT2D eigenvalue weighted by Gasteiger charge is 2.28. The number of halogens is 1. The third kappa shape index (κ3) is 3.96. The summed E-state index contributed by atoms with van der Waals surface area (Å²) in [6, 6.07) is 7.39. The minimum Gasteiger partial charge on any atom is -0.342 e. The molecule has 5 nitrogen and oxygen atoms in total. The number of benzene rings is 1. The van der Waals surface area contributed by atoms with Crippen LogP contribution >= 0.6 is 11.6 Å². The summed E-state index contributed by atoms with van der Waals surface area (Å²) >= 11 is 6.02. The van der Waals surface area contributed by atoms with Gasteiger partial charge in [-0.1, -0.05) is 42.7 Å². The zero-order valence-corrected chi connectivity index (χ0v) is 14.8. The van der Waals surface area contributed by atoms with Crippen LogP contribution in [0.2, 0.25) is 5.02 Å². The van der Waals surface area contributed by atoms with Gasteiger partial charge in [-0.15, -0.1) is 0 Å². The molecule has 0 saturated carbocycles. The van der Waals surface area contributed by atoms with E-state index in [4.69, 9.17) is 16.1 Å². The van der Waals surface area contributed by atoms with Crippen molar-refractivity contribution < 1.29 is 9.32 Å². The second kappa shape index (κ2) is 7.34. The van der Waals surface area contributed by atoms with Gasteiger partial charge in [-0.2, -0.15) is 4.98 Å². The maximum Gasteiger partial charge on any atom is 0.231 e. The predicted molar refractivity (Wildman–Crippen MR) is 92.8 cm³/mol. The second-order valence-corrected chi connectivity index (χ2v) is 7.18. The van der Waals surface area contributed by atoms with Gasteiger partial charge in [0.1, 0.15) is 0 Å². The maximum atomic E-state index is 12.3. The zero-order valence-electron chi connectivity index (χ0n) is 14.0. The summed E-state index contributed by atoms with van der Waals surface area (Å²) < 4.78 is 5.47. The first-order valence-corrected chi connectivity index (χ1v) is 8.78. The highest BCUT2D eigenvalue weighted by Crippen LogP contribution is 2.28. The number of hydrogen-bond donors (Lipinski definition) is 0. The minimum atomic E-state index is 0.107. The number of rotatable bonds is 4. The highest BCUT2D eigenvalue weighted by molar-refractivity contribution is 6.30. The Morgan fingerprint density at radius 2 is 2.29 bits per heavy atom. The van der Waals surface area contributed by atoms with E-state index >= 15 is 0 Å². The molecule has 1 aromatic carbocycles. The first-order chi connectivity index (χ1) is 11.5. The fraction of sp³-hybridized carbons (Fsp3) is 0.500. The van der Waals surface area contributed by atoms with E-state index < -0.39 is 0 Å². The molecule has 0 N–H and O–H groups in total. The Morgan fingerprint density at radius 1 is 1.46 bits per heavy atom. The molecule has 128 valence electrons. The van der Waals surface area contributed by atoms with Gasteiger partial charge in [-0.05, 0) is 30.9 Å². The van der Waals surface area contributed by atoms with Crippen molar-refractivity contribution in [3.05, 3.63) is 35.2 Å². The Hall–Kier alpha value is -1.88. The van der Waals surface area contributed by atoms with Crippen molar-refractivity contribution in [2.75, 3.05) is 13.1 Å². The Labute approximate surface area is 147 Å². The van der Waals surface area contributed by atoms with Crippen LogP contribution in [0.1, 0.15) is 44.9 Å². The van der Waals surface area contributed by atoms with E-state index in [1.54, 1.807) is 0 Å². The maximum absolute atomic E-state index is 12.3. The van der Waals surface area contributed by atoms with E-state index in [2.05, 4.69) is 24.0 Å². The molecule has 1 saturated heterocycles. The summed E-state index contributed by atoms with van der Waals surface area (Å²) in [6.07, 6.45) is 2.51. The number of nitrogens with zero attached hydrogens (tertiary/aromatic N) is 3. The molecule has 6 heteroatoms. The zero-order chi connectivity index (χ0) is 17.1. The molecule has 24 heavy (non-hydrogen) atoms. The molecule has 0 bridgehead atoms. The van der Waals surface area contributed by atoms with Gasteiger partial charge >= 0.3 is 0 Å². The van der Waals surface area contributed by atoms with Crippen molar-refractivity contribution >= 4 is 17.5 Å². The lowest BCUT2D eigenvalue weighted by atomic mass is 9.97. The quantitative estimate of drug-likeness (QED) is 0.833. The van der Waals surface area contributed by atoms with Crippen molar-refractivity contribution in [3.63, 3.8) is 0 Å². The third-order valence-corrected chi connectivity index (χ3v) is 4.47. The standard InChI is InChI=1S/C18H22ClN3O2/c1-12(2)9-16(23)22-8-4-6-14(11-22)18-20-17(21-24-18)13-5-3-7-15(19)10-13/h3,5,7,10,12,14H,4,6,8-9,11H2,1-2H3/t14-/m1/s1. The van der Waals surface area contributed by atoms with Crippen LogP contribution in [0.3, 0.4) is 0 Å². The fourth-order valence-corrected chi connectivity index (χ4v) is 3.22. The van der Waals surface area contributed by atoms with Crippen molar-refractivity contribution in [1.82, 2.24) is 15.0 Å². The number of amides is 1. The van der Waals surface area contributed by atoms with Crippen LogP contribution in [0.5, 0.6) is 0 Å². The normalized spacial score (nSPS) is 18.2. The van der Waals surface area contributed by atoms with Crippen LogP contribution in [-0.4, -0.2) is 34.0 Å². The Kier molecular flexibility index (Phi) is 5.19. The second-order valence-electron chi connectivity index (χ2n) is 6.74. The van der Waals surface area contributed by atoms with Gasteiger partial charge in [-0.3, -0.25) is 4.79 Å². The molecule has 1 aliphatic heterocycles. The average Bonchev–Trinajstić information content (AvgIpc) is 3.04. The number of carbonyl (C=O) groups excluding carboxylic acids is 1. The van der Waals surface area contributed by atoms with Crippen LogP contribution in [0, 0.1) is 5.92 Å². The number of carbonyl (C=O) groups is 1. The smallest absolute Gasteiger partial charge is 0.231 e. The van der Waals surface area contributed by atoms with Gasteiger partial charge in [0.2, 0.25) is 17.6 Å². The van der Waals surface area contributed by atoms with Crippen molar-refractivity contribution in [1.29, 1.82) is 0 Å². The Bertz CT molecular complexity index is 714. The van der Waals surface area contributed by atoms with Gasteiger partial charge < -0.3 is 9.42 Å². The van der Waals surface area contributed by atoms with Crippen LogP contribution in [0.25, 0.3) is 11.4 Å². The first kappa shape index (κ1) is 17.0. The van der Waals surface area contributed by atoms with Crippen LogP contribution in [0.15, 0.2) is 28.8 Å². The fourth-order valence-electron chi connectivity index (χ4n) is 3.03. The Morgan fingerprint density at radius 3 is 3.04 bits per heavy atom. The summed E-state index contributed by atoms with van der Waals surface area (Å²) in [5.74, 6) is 1.83. The minimum absolute atomic E-state index is 0.107. The number of piperidine rings is 1. The summed E-state index contributed by atoms with van der Waals surface area (Å²) in [6.45, 7) is 5.60. The van der Waals surface area contributed by atoms with Gasteiger partial charge in [0.05, 0.1) is 5.92 Å². The topological polar surface area (TPSA) is 59.2 Å². The molecular weight excluding hydrogens is 326 g/mol. The van der Waals surface area contributed by atoms with Gasteiger partial charge in [-0.25, -0.2) is 0 Å². The van der Waals surface area contributed by atoms with E-state index in [0.717, 1.165) is 24.9 Å². The molecule has 0 unspecified atom stereocenters. The monoisotopic (exact) mass is 347 g/mol. The van der Waals surface area contributed by atoms with Gasteiger partial charge in [0, 0.05) is 30.1 Å². The Balaban J connectivity index is 1.71. The van der Waals surface area contributed by atoms with Gasteiger partial charge in [0.15, 0.2) is 0 Å². The molecule has 2 aromatic rings. The molecule has 0 radical (unpaired) electrons. The van der Waals surface area contributed by atoms with Crippen LogP contribution in [0.4, 0.5) is 0 Å². The molecule has 2 heterocycles. The lowest BCUT2D eigenvalue weighted by Gasteiger charge is -2.31. The molecule has 0 spiro atoms. The van der Waals surface area contributed by atoms with Crippen molar-refractivity contribution in [2.24, 2.45) is 5.92 Å². The lowest BCUT2D eigenvalue weighted by Crippen LogP contribution is -2.39. The molecule has 0 aliphatic carbocycles. The summed E-state index contributed by atoms with van der Waals surface area (Å²) in [5.41, 5.74) is 0.834. The van der Waals surface area contributed by atoms with Crippen molar-refractivity contribution in [3.8, 4) is 11.4 Å². The van der Waals surface area contributed by atoms with E-state index in [-0.39, 0.29) is 11.8 Å². The molecule has 1 aromatic heterocycles. The molecule has 3 rings (SSSR count). The van der Waals surface area contributed by atoms with Crippen molar-refractivity contribution in [2.45, 2.75) is 39.0 Å². The number of aromatic nitrogens is 2. The molecule has 1 fully saturated rings. The molecular formula is C18H22ClN3O2. The third-order valence-electron chi connectivity index (χ3n) is 4.23.